The van der Waals surface area contributed by atoms with Crippen LogP contribution in [0, 0.1) is 22.7 Å². The summed E-state index contributed by atoms with van der Waals surface area (Å²) in [6.45, 7) is 2.34. The zero-order chi connectivity index (χ0) is 10.5. The summed E-state index contributed by atoms with van der Waals surface area (Å²) in [7, 11) is 0. The summed E-state index contributed by atoms with van der Waals surface area (Å²) in [6, 6.07) is 0. The Hall–Kier alpha value is -0.0800. The van der Waals surface area contributed by atoms with E-state index in [9.17, 15) is 0 Å². The molecular weight excluding hydrogens is 184 g/mol. The van der Waals surface area contributed by atoms with Crippen LogP contribution in [0.2, 0.25) is 0 Å². The summed E-state index contributed by atoms with van der Waals surface area (Å²) in [5.74, 6) is 2.11. The Balaban J connectivity index is 1.88. The second-order valence-electron chi connectivity index (χ2n) is 6.81. The van der Waals surface area contributed by atoms with Crippen molar-refractivity contribution < 1.29 is 11.5 Å². The fourth-order valence-corrected chi connectivity index (χ4v) is 5.61. The van der Waals surface area contributed by atoms with E-state index in [2.05, 4.69) is 11.5 Å². The molecule has 4 atom stereocenters. The normalized spacial score (nSPS) is 52.4. The molecule has 0 aromatic rings. The zero-order valence-electron chi connectivity index (χ0n) is 9.93. The summed E-state index contributed by atoms with van der Waals surface area (Å²) >= 11 is 0. The minimum atomic E-state index is 0.666. The average Bonchev–Trinajstić information content (AvgIpc) is 2.15. The number of rotatable bonds is 3. The molecule has 2 unspecified atom stereocenters. The molecule has 6 N–H and O–H groups in total. The Morgan fingerprint density at radius 1 is 0.933 bits per heavy atom. The van der Waals surface area contributed by atoms with E-state index >= 15 is 0 Å². The van der Waals surface area contributed by atoms with Crippen LogP contribution in [0.25, 0.3) is 0 Å². The van der Waals surface area contributed by atoms with Gasteiger partial charge in [0.15, 0.2) is 0 Å². The Bertz CT molecular complexity index is 247. The minimum Gasteiger partial charge on any atom is -0.358 e. The lowest BCUT2D eigenvalue weighted by Gasteiger charge is -2.61. The maximum atomic E-state index is 4.25. The van der Waals surface area contributed by atoms with Crippen molar-refractivity contribution in [1.82, 2.24) is 0 Å². The molecule has 4 aliphatic carbocycles. The van der Waals surface area contributed by atoms with Crippen LogP contribution in [0.1, 0.15) is 44.9 Å². The zero-order valence-corrected chi connectivity index (χ0v) is 9.93. The maximum Gasteiger partial charge on any atom is 0.0797 e. The van der Waals surface area contributed by atoms with Crippen molar-refractivity contribution in [3.05, 3.63) is 0 Å². The highest BCUT2D eigenvalue weighted by Gasteiger charge is 2.57. The lowest BCUT2D eigenvalue weighted by molar-refractivity contribution is -0.409. The molecule has 0 spiro atoms. The molecule has 86 valence electrons. The third-order valence-electron chi connectivity index (χ3n) is 5.54. The lowest BCUT2D eigenvalue weighted by Crippen LogP contribution is -2.65. The minimum absolute atomic E-state index is 0.666. The van der Waals surface area contributed by atoms with Crippen LogP contribution in [-0.4, -0.2) is 13.1 Å². The highest BCUT2D eigenvalue weighted by atomic mass is 14.7. The quantitative estimate of drug-likeness (QED) is 0.679. The molecule has 0 saturated heterocycles. The van der Waals surface area contributed by atoms with Gasteiger partial charge in [-0.1, -0.05) is 0 Å². The highest BCUT2D eigenvalue weighted by Crippen LogP contribution is 2.65. The predicted octanol–water partition coefficient (Wildman–Crippen LogP) is 0.447. The molecule has 0 aromatic heterocycles. The first-order valence-corrected chi connectivity index (χ1v) is 6.78. The van der Waals surface area contributed by atoms with E-state index in [1.54, 1.807) is 6.42 Å². The number of hydrogen-bond donors (Lipinski definition) is 2. The van der Waals surface area contributed by atoms with Crippen molar-refractivity contribution in [3.8, 4) is 0 Å². The molecule has 2 heteroatoms. The van der Waals surface area contributed by atoms with Gasteiger partial charge in [-0.15, -0.1) is 0 Å². The van der Waals surface area contributed by atoms with Crippen LogP contribution < -0.4 is 11.5 Å². The molecule has 4 rings (SSSR count). The summed E-state index contributed by atoms with van der Waals surface area (Å²) in [5, 5.41) is 0. The van der Waals surface area contributed by atoms with E-state index in [1.807, 2.05) is 0 Å². The molecular formula is C13H26N2+2. The third-order valence-corrected chi connectivity index (χ3v) is 5.54. The third kappa shape index (κ3) is 1.45. The topological polar surface area (TPSA) is 55.3 Å². The Morgan fingerprint density at radius 3 is 2.07 bits per heavy atom. The van der Waals surface area contributed by atoms with Crippen molar-refractivity contribution >= 4 is 0 Å². The first-order valence-electron chi connectivity index (χ1n) is 6.78. The summed E-state index contributed by atoms with van der Waals surface area (Å²) in [4.78, 5) is 0. The molecule has 4 saturated carbocycles. The van der Waals surface area contributed by atoms with Gasteiger partial charge in [-0.05, 0) is 55.8 Å². The molecule has 0 aromatic carbocycles. The maximum absolute atomic E-state index is 4.25. The highest BCUT2D eigenvalue weighted by molar-refractivity contribution is 5.07. The predicted molar refractivity (Wildman–Crippen MR) is 59.7 cm³/mol. The molecule has 2 nitrogen and oxygen atoms in total. The van der Waals surface area contributed by atoms with Gasteiger partial charge in [0, 0.05) is 11.8 Å². The molecule has 0 aliphatic heterocycles. The van der Waals surface area contributed by atoms with Gasteiger partial charge in [-0.3, -0.25) is 0 Å². The van der Waals surface area contributed by atoms with Gasteiger partial charge in [0.2, 0.25) is 0 Å². The van der Waals surface area contributed by atoms with Gasteiger partial charge in [0.1, 0.15) is 0 Å². The average molecular weight is 210 g/mol. The molecule has 0 amide bonds. The number of quaternary nitrogens is 2. The number of hydrogen-bond acceptors (Lipinski definition) is 0. The van der Waals surface area contributed by atoms with Gasteiger partial charge < -0.3 is 11.5 Å². The van der Waals surface area contributed by atoms with E-state index in [4.69, 9.17) is 0 Å². The standard InChI is InChI=1S/C13H24N2/c14-2-1-12-4-10-3-11(5-12)7-13(6-10,8-12)9-15/h10-11H,1-9,14-15H2/p+2/t10-,11+,12?,13?. The van der Waals surface area contributed by atoms with Gasteiger partial charge in [0.25, 0.3) is 0 Å². The molecule has 15 heavy (non-hydrogen) atoms. The first kappa shape index (κ1) is 10.1. The molecule has 0 heterocycles. The summed E-state index contributed by atoms with van der Waals surface area (Å²) < 4.78 is 0. The van der Waals surface area contributed by atoms with Crippen LogP contribution in [0.4, 0.5) is 0 Å². The van der Waals surface area contributed by atoms with E-state index in [0.29, 0.717) is 10.8 Å². The van der Waals surface area contributed by atoms with Gasteiger partial charge in [-0.25, -0.2) is 0 Å². The van der Waals surface area contributed by atoms with Crippen LogP contribution in [0.3, 0.4) is 0 Å². The SMILES string of the molecule is [NH3+]CCC12C[C@@H]3C[C@@H](CC(C[NH3+])(C3)C1)C2. The van der Waals surface area contributed by atoms with Crippen molar-refractivity contribution in [2.45, 2.75) is 44.9 Å². The van der Waals surface area contributed by atoms with Gasteiger partial charge in [0.05, 0.1) is 13.1 Å². The summed E-state index contributed by atoms with van der Waals surface area (Å²) in [6.07, 6.45) is 10.5. The Kier molecular flexibility index (Phi) is 2.16. The van der Waals surface area contributed by atoms with Gasteiger partial charge in [-0.2, -0.15) is 0 Å². The lowest BCUT2D eigenvalue weighted by atomic mass is 9.43. The summed E-state index contributed by atoms with van der Waals surface area (Å²) in [5.41, 5.74) is 9.72. The molecule has 0 radical (unpaired) electrons. The second-order valence-corrected chi connectivity index (χ2v) is 6.81. The molecule has 4 fully saturated rings. The fraction of sp³-hybridized carbons (Fsp3) is 1.00. The van der Waals surface area contributed by atoms with Crippen LogP contribution in [0.5, 0.6) is 0 Å². The van der Waals surface area contributed by atoms with Crippen molar-refractivity contribution in [2.75, 3.05) is 13.1 Å². The van der Waals surface area contributed by atoms with E-state index in [-0.39, 0.29) is 0 Å². The van der Waals surface area contributed by atoms with Crippen molar-refractivity contribution in [3.63, 3.8) is 0 Å². The first-order chi connectivity index (χ1) is 7.19. The van der Waals surface area contributed by atoms with Crippen LogP contribution >= 0.6 is 0 Å². The molecule has 4 bridgehead atoms. The van der Waals surface area contributed by atoms with E-state index < -0.39 is 0 Å². The molecule has 4 aliphatic rings. The second kappa shape index (κ2) is 3.21. The van der Waals surface area contributed by atoms with Crippen LogP contribution in [-0.2, 0) is 0 Å². The van der Waals surface area contributed by atoms with E-state index in [0.717, 1.165) is 18.4 Å². The van der Waals surface area contributed by atoms with Crippen molar-refractivity contribution in [2.24, 2.45) is 22.7 Å². The fourth-order valence-electron chi connectivity index (χ4n) is 5.61. The largest absolute Gasteiger partial charge is 0.358 e. The van der Waals surface area contributed by atoms with Gasteiger partial charge >= 0.3 is 0 Å². The monoisotopic (exact) mass is 210 g/mol. The van der Waals surface area contributed by atoms with E-state index in [1.165, 1.54) is 45.1 Å². The van der Waals surface area contributed by atoms with Crippen LogP contribution in [0.15, 0.2) is 0 Å². The van der Waals surface area contributed by atoms with Crippen molar-refractivity contribution in [1.29, 1.82) is 0 Å². The smallest absolute Gasteiger partial charge is 0.0797 e. The Labute approximate surface area is 92.8 Å². The Morgan fingerprint density at radius 2 is 1.53 bits per heavy atom.